The second kappa shape index (κ2) is 22.9. The first kappa shape index (κ1) is 49.0. The van der Waals surface area contributed by atoms with Crippen molar-refractivity contribution in [1.29, 1.82) is 0 Å². The summed E-state index contributed by atoms with van der Waals surface area (Å²) in [7, 11) is 0. The van der Waals surface area contributed by atoms with Crippen molar-refractivity contribution in [2.45, 2.75) is 134 Å². The molecule has 5 aromatic carbocycles. The first-order chi connectivity index (χ1) is 35.9. The van der Waals surface area contributed by atoms with E-state index in [1.54, 1.807) is 17.5 Å². The fourth-order valence-electron chi connectivity index (χ4n) is 13.4. The van der Waals surface area contributed by atoms with Gasteiger partial charge in [0.25, 0.3) is 0 Å². The Labute approximate surface area is 433 Å². The lowest BCUT2D eigenvalue weighted by atomic mass is 9.64. The second-order valence-electron chi connectivity index (χ2n) is 22.4. The van der Waals surface area contributed by atoms with Crippen LogP contribution in [0, 0.1) is 30.6 Å². The third-order valence-corrected chi connectivity index (χ3v) is 17.4. The predicted molar refractivity (Wildman–Crippen MR) is 295 cm³/mol. The van der Waals surface area contributed by atoms with Gasteiger partial charge in [0, 0.05) is 30.1 Å². The number of aromatic nitrogens is 3. The lowest BCUT2D eigenvalue weighted by Crippen LogP contribution is -2.35. The topological polar surface area (TPSA) is 95.5 Å². The Morgan fingerprint density at radius 3 is 2.10 bits per heavy atom. The van der Waals surface area contributed by atoms with Crippen LogP contribution in [0.15, 0.2) is 140 Å². The van der Waals surface area contributed by atoms with E-state index in [-0.39, 0.29) is 0 Å². The Balaban J connectivity index is 0.000000159. The third-order valence-electron chi connectivity index (χ3n) is 17.4. The Kier molecular flexibility index (Phi) is 15.4. The van der Waals surface area contributed by atoms with Crippen LogP contribution in [0.1, 0.15) is 148 Å². The Bertz CT molecular complexity index is 2930. The number of nitrogens with zero attached hydrogens (tertiary/aromatic N) is 4. The summed E-state index contributed by atoms with van der Waals surface area (Å²) in [5.41, 5.74) is 17.8. The summed E-state index contributed by atoms with van der Waals surface area (Å²) in [5, 5.41) is 0.887. The van der Waals surface area contributed by atoms with E-state index < -0.39 is 0 Å². The second-order valence-corrected chi connectivity index (χ2v) is 22.4. The molecule has 2 N–H and O–H groups in total. The highest BCUT2D eigenvalue weighted by atomic mass is 16.5. The number of nitrogen functional groups attached to an aromatic ring is 1. The number of Topliss-reactive ketones (excluding diaryl/α,β-unsaturated/α-hetero) is 1. The van der Waals surface area contributed by atoms with Gasteiger partial charge in [0.05, 0.1) is 11.9 Å². The number of anilines is 1. The number of hydrogen-bond acceptors (Lipinski definition) is 7. The van der Waals surface area contributed by atoms with Crippen molar-refractivity contribution in [2.75, 3.05) is 25.4 Å². The molecule has 8 heteroatoms. The number of rotatable bonds is 17. The molecule has 73 heavy (non-hydrogen) atoms. The molecule has 3 saturated carbocycles. The molecule has 0 amide bonds. The molecule has 7 aromatic rings. The monoisotopic (exact) mass is 974 g/mol. The zero-order chi connectivity index (χ0) is 49.5. The summed E-state index contributed by atoms with van der Waals surface area (Å²) >= 11 is 0. The number of fused-ring (bicyclic) bond motifs is 2. The van der Waals surface area contributed by atoms with Gasteiger partial charge >= 0.3 is 0 Å². The summed E-state index contributed by atoms with van der Waals surface area (Å²) < 4.78 is 14.6. The molecule has 378 valence electrons. The number of piperidine rings is 1. The average molecular weight is 974 g/mol. The molecular weight excluding hydrogens is 899 g/mol. The van der Waals surface area contributed by atoms with Gasteiger partial charge in [-0.25, -0.2) is 9.97 Å². The SMILES string of the molecule is Cc1cccc2c1C(c1cccc(OCc3ccccc3)c1)CC2C1CC(CC2CCCC2)C1.Nc1ncnc2c1c(-c1cccc(OCc3ccccc3)c1)cn2C1CC(CCC(=O)CN2CCCCC2)C1. The van der Waals surface area contributed by atoms with Gasteiger partial charge in [-0.3, -0.25) is 9.69 Å². The first-order valence-corrected chi connectivity index (χ1v) is 27.9. The molecule has 2 aromatic heterocycles. The molecule has 2 atom stereocenters. The first-order valence-electron chi connectivity index (χ1n) is 27.9. The van der Waals surface area contributed by atoms with Crippen LogP contribution in [-0.4, -0.2) is 44.9 Å². The van der Waals surface area contributed by atoms with E-state index in [0.717, 1.165) is 95.2 Å². The van der Waals surface area contributed by atoms with Gasteiger partial charge in [0.15, 0.2) is 0 Å². The van der Waals surface area contributed by atoms with Crippen molar-refractivity contribution in [1.82, 2.24) is 19.4 Å². The van der Waals surface area contributed by atoms with Crippen molar-refractivity contribution in [3.05, 3.63) is 173 Å². The minimum absolute atomic E-state index is 0.357. The van der Waals surface area contributed by atoms with Crippen molar-refractivity contribution < 1.29 is 14.3 Å². The van der Waals surface area contributed by atoms with Crippen LogP contribution in [-0.2, 0) is 18.0 Å². The van der Waals surface area contributed by atoms with Crippen molar-refractivity contribution in [3.8, 4) is 22.6 Å². The normalized spacial score (nSPS) is 22.7. The van der Waals surface area contributed by atoms with E-state index in [1.165, 1.54) is 87.3 Å². The number of likely N-dealkylation sites (tertiary alicyclic amines) is 1. The van der Waals surface area contributed by atoms with Gasteiger partial charge in [0.1, 0.15) is 48.3 Å². The summed E-state index contributed by atoms with van der Waals surface area (Å²) in [4.78, 5) is 23.8. The molecule has 4 aliphatic carbocycles. The van der Waals surface area contributed by atoms with Gasteiger partial charge in [-0.2, -0.15) is 0 Å². The smallest absolute Gasteiger partial charge is 0.146 e. The van der Waals surface area contributed by atoms with Gasteiger partial charge in [-0.15, -0.1) is 0 Å². The number of carbonyl (C=O) groups excluding carboxylic acids is 1. The standard InChI is InChI=1S/C33H38O.C32H37N5O2/c1-23-9-7-16-30-31(28-18-26(19-28)17-24-10-5-6-11-24)21-32(33(23)30)27-14-8-15-29(20-27)34-22-25-12-3-2-4-13-25;33-31-30-29(25-10-7-11-28(18-25)39-21-23-8-3-1-4-9-23)20-37(32(30)35-22-34-31)26-16-24(17-26)12-13-27(38)19-36-14-5-2-6-15-36/h2-4,7-9,12-16,20,24,26,28,31-32H,5-6,10-11,17-19,21-22H2,1H3;1,3-4,7-11,18,20,22,24,26H,2,5-6,12-17,19,21H2,(H2,33,34,35). The van der Waals surface area contributed by atoms with Crippen LogP contribution in [0.5, 0.6) is 11.5 Å². The zero-order valence-electron chi connectivity index (χ0n) is 43.1. The van der Waals surface area contributed by atoms with Crippen LogP contribution in [0.2, 0.25) is 0 Å². The number of carbonyl (C=O) groups is 1. The fourth-order valence-corrected chi connectivity index (χ4v) is 13.4. The summed E-state index contributed by atoms with van der Waals surface area (Å²) in [6, 6.07) is 45.1. The molecule has 1 saturated heterocycles. The Hall–Kier alpha value is -6.25. The van der Waals surface area contributed by atoms with E-state index >= 15 is 0 Å². The van der Waals surface area contributed by atoms with Crippen molar-refractivity contribution in [3.63, 3.8) is 0 Å². The van der Waals surface area contributed by atoms with Gasteiger partial charge in [0.2, 0.25) is 0 Å². The van der Waals surface area contributed by atoms with E-state index in [9.17, 15) is 4.79 Å². The van der Waals surface area contributed by atoms with Crippen LogP contribution in [0.25, 0.3) is 22.2 Å². The molecule has 5 aliphatic rings. The molecule has 1 aliphatic heterocycles. The highest BCUT2D eigenvalue weighted by molar-refractivity contribution is 6.00. The van der Waals surface area contributed by atoms with E-state index in [0.29, 0.717) is 55.7 Å². The van der Waals surface area contributed by atoms with Gasteiger partial charge in [-0.1, -0.05) is 135 Å². The van der Waals surface area contributed by atoms with Crippen LogP contribution < -0.4 is 15.2 Å². The largest absolute Gasteiger partial charge is 0.489 e. The lowest BCUT2D eigenvalue weighted by Gasteiger charge is -2.41. The minimum atomic E-state index is 0.357. The number of nitrogens with two attached hydrogens (primary N) is 1. The predicted octanol–water partition coefficient (Wildman–Crippen LogP) is 14.8. The quantitative estimate of drug-likeness (QED) is 0.0971. The Morgan fingerprint density at radius 1 is 0.685 bits per heavy atom. The van der Waals surface area contributed by atoms with Crippen molar-refractivity contribution in [2.24, 2.45) is 23.7 Å². The maximum absolute atomic E-state index is 12.5. The van der Waals surface area contributed by atoms with Crippen LogP contribution >= 0.6 is 0 Å². The molecule has 3 heterocycles. The van der Waals surface area contributed by atoms with E-state index in [2.05, 4.69) is 130 Å². The molecule has 4 fully saturated rings. The molecule has 0 radical (unpaired) electrons. The third kappa shape index (κ3) is 11.6. The van der Waals surface area contributed by atoms with Crippen LogP contribution in [0.3, 0.4) is 0 Å². The maximum atomic E-state index is 12.5. The average Bonchev–Trinajstić information content (AvgIpc) is 4.16. The summed E-state index contributed by atoms with van der Waals surface area (Å²) in [6.07, 6.45) is 22.9. The molecule has 0 spiro atoms. The van der Waals surface area contributed by atoms with Crippen LogP contribution in [0.4, 0.5) is 5.82 Å². The van der Waals surface area contributed by atoms with E-state index in [4.69, 9.17) is 15.2 Å². The van der Waals surface area contributed by atoms with E-state index in [1.807, 2.05) is 30.3 Å². The number of ether oxygens (including phenoxy) is 2. The molecular formula is C65H75N5O3. The number of ketones is 1. The highest BCUT2D eigenvalue weighted by Crippen LogP contribution is 2.56. The number of hydrogen-bond donors (Lipinski definition) is 1. The summed E-state index contributed by atoms with van der Waals surface area (Å²) in [5.74, 6) is 7.40. The Morgan fingerprint density at radius 2 is 1.37 bits per heavy atom. The molecule has 8 nitrogen and oxygen atoms in total. The highest BCUT2D eigenvalue weighted by Gasteiger charge is 2.43. The van der Waals surface area contributed by atoms with Crippen molar-refractivity contribution >= 4 is 22.6 Å². The zero-order valence-corrected chi connectivity index (χ0v) is 43.1. The summed E-state index contributed by atoms with van der Waals surface area (Å²) in [6.45, 7) is 6.24. The minimum Gasteiger partial charge on any atom is -0.489 e. The number of aryl methyl sites for hydroxylation is 1. The fraction of sp³-hybridized carbons (Fsp3) is 0.431. The molecule has 0 bridgehead atoms. The lowest BCUT2D eigenvalue weighted by molar-refractivity contribution is -0.120. The maximum Gasteiger partial charge on any atom is 0.146 e. The van der Waals surface area contributed by atoms with Gasteiger partial charge < -0.3 is 19.8 Å². The molecule has 12 rings (SSSR count). The molecule has 2 unspecified atom stereocenters. The van der Waals surface area contributed by atoms with Gasteiger partial charge in [-0.05, 0) is 171 Å². The number of benzene rings is 5.